The van der Waals surface area contributed by atoms with Crippen molar-refractivity contribution in [3.63, 3.8) is 0 Å². The highest BCUT2D eigenvalue weighted by molar-refractivity contribution is 6.40. The lowest BCUT2D eigenvalue weighted by Crippen LogP contribution is -2.56. The Bertz CT molecular complexity index is 335. The van der Waals surface area contributed by atoms with Crippen LogP contribution >= 0.6 is 0 Å². The first-order valence-corrected chi connectivity index (χ1v) is 6.47. The molecule has 2 atom stereocenters. The van der Waals surface area contributed by atoms with E-state index in [1.54, 1.807) is 0 Å². The number of rotatable bonds is 5. The Morgan fingerprint density at radius 2 is 2.11 bits per heavy atom. The summed E-state index contributed by atoms with van der Waals surface area (Å²) in [4.78, 5) is 11.4. The lowest BCUT2D eigenvalue weighted by atomic mass is 9.78. The second-order valence-electron chi connectivity index (χ2n) is 5.94. The molecule has 2 aliphatic rings. The summed E-state index contributed by atoms with van der Waals surface area (Å²) in [6.45, 7) is 1.69. The number of hydrogen-bond donors (Lipinski definition) is 5. The van der Waals surface area contributed by atoms with Gasteiger partial charge in [-0.3, -0.25) is 4.79 Å². The van der Waals surface area contributed by atoms with Crippen LogP contribution in [0.15, 0.2) is 0 Å². The van der Waals surface area contributed by atoms with Crippen molar-refractivity contribution in [3.8, 4) is 0 Å². The zero-order chi connectivity index (χ0) is 13.4. The molecule has 0 aromatic heterocycles. The Labute approximate surface area is 107 Å². The van der Waals surface area contributed by atoms with E-state index in [4.69, 9.17) is 15.8 Å². The van der Waals surface area contributed by atoms with Gasteiger partial charge in [0, 0.05) is 13.1 Å². The number of nitrogens with one attached hydrogen (secondary N) is 1. The molecule has 0 aromatic carbocycles. The Balaban J connectivity index is 1.99. The summed E-state index contributed by atoms with van der Waals surface area (Å²) in [6, 6.07) is 0. The molecule has 7 heteroatoms. The third kappa shape index (κ3) is 2.40. The van der Waals surface area contributed by atoms with Crippen molar-refractivity contribution in [2.75, 3.05) is 13.1 Å². The van der Waals surface area contributed by atoms with E-state index in [2.05, 4.69) is 5.32 Å². The molecule has 1 spiro atoms. The van der Waals surface area contributed by atoms with Gasteiger partial charge >= 0.3 is 13.1 Å². The summed E-state index contributed by atoms with van der Waals surface area (Å²) in [5, 5.41) is 30.2. The molecule has 0 aromatic rings. The molecular weight excluding hydrogens is 235 g/mol. The molecule has 6 nitrogen and oxygen atoms in total. The molecule has 2 rings (SSSR count). The van der Waals surface area contributed by atoms with E-state index in [9.17, 15) is 9.90 Å². The van der Waals surface area contributed by atoms with Crippen molar-refractivity contribution in [2.24, 2.45) is 17.1 Å². The maximum atomic E-state index is 11.4. The predicted molar refractivity (Wildman–Crippen MR) is 66.8 cm³/mol. The van der Waals surface area contributed by atoms with Crippen LogP contribution in [-0.4, -0.2) is 46.9 Å². The van der Waals surface area contributed by atoms with Crippen LogP contribution in [0.2, 0.25) is 6.32 Å². The van der Waals surface area contributed by atoms with Crippen LogP contribution in [0.25, 0.3) is 0 Å². The SMILES string of the molecule is NC1(C(=O)O)CC2(CNC2)CC1CCCB(O)O. The Morgan fingerprint density at radius 3 is 2.56 bits per heavy atom. The molecule has 102 valence electrons. The number of aliphatic carboxylic acids is 1. The molecule has 1 saturated heterocycles. The summed E-state index contributed by atoms with van der Waals surface area (Å²) < 4.78 is 0. The first-order chi connectivity index (χ1) is 8.38. The van der Waals surface area contributed by atoms with Crippen LogP contribution < -0.4 is 11.1 Å². The molecule has 1 heterocycles. The fourth-order valence-corrected chi connectivity index (χ4v) is 3.45. The second kappa shape index (κ2) is 4.81. The first kappa shape index (κ1) is 13.8. The zero-order valence-electron chi connectivity index (χ0n) is 10.4. The highest BCUT2D eigenvalue weighted by atomic mass is 16.4. The van der Waals surface area contributed by atoms with Gasteiger partial charge in [-0.2, -0.15) is 0 Å². The lowest BCUT2D eigenvalue weighted by molar-refractivity contribution is -0.145. The molecule has 0 bridgehead atoms. The van der Waals surface area contributed by atoms with Crippen LogP contribution in [0.3, 0.4) is 0 Å². The van der Waals surface area contributed by atoms with Crippen molar-refractivity contribution < 1.29 is 19.9 Å². The van der Waals surface area contributed by atoms with Gasteiger partial charge in [-0.25, -0.2) is 0 Å². The Morgan fingerprint density at radius 1 is 1.44 bits per heavy atom. The fraction of sp³-hybridized carbons (Fsp3) is 0.909. The minimum Gasteiger partial charge on any atom is -0.480 e. The molecule has 0 amide bonds. The normalized spacial score (nSPS) is 33.4. The van der Waals surface area contributed by atoms with E-state index in [-0.39, 0.29) is 17.7 Å². The number of carbonyl (C=O) groups is 1. The van der Waals surface area contributed by atoms with E-state index in [1.807, 2.05) is 0 Å². The molecule has 0 radical (unpaired) electrons. The quantitative estimate of drug-likeness (QED) is 0.404. The topological polar surface area (TPSA) is 116 Å². The van der Waals surface area contributed by atoms with Crippen LogP contribution in [0.1, 0.15) is 25.7 Å². The highest BCUT2D eigenvalue weighted by Crippen LogP contribution is 2.50. The van der Waals surface area contributed by atoms with Crippen LogP contribution in [-0.2, 0) is 4.79 Å². The first-order valence-electron chi connectivity index (χ1n) is 6.47. The van der Waals surface area contributed by atoms with E-state index in [1.165, 1.54) is 0 Å². The Kier molecular flexibility index (Phi) is 3.69. The van der Waals surface area contributed by atoms with E-state index in [0.717, 1.165) is 19.5 Å². The second-order valence-corrected chi connectivity index (χ2v) is 5.94. The highest BCUT2D eigenvalue weighted by Gasteiger charge is 2.58. The monoisotopic (exact) mass is 256 g/mol. The van der Waals surface area contributed by atoms with Gasteiger partial charge in [0.05, 0.1) is 0 Å². The van der Waals surface area contributed by atoms with Gasteiger partial charge in [0.15, 0.2) is 0 Å². The maximum absolute atomic E-state index is 11.4. The number of nitrogens with two attached hydrogens (primary N) is 1. The summed E-state index contributed by atoms with van der Waals surface area (Å²) in [6.07, 6.45) is 2.86. The standard InChI is InChI=1S/C11H21BN2O4/c13-11(9(15)16)5-10(6-14-7-10)4-8(11)2-1-3-12(17)18/h8,14,17-18H,1-7,13H2,(H,15,16). The number of carboxylic acids is 1. The Hall–Kier alpha value is -0.625. The molecule has 1 saturated carbocycles. The third-order valence-electron chi connectivity index (χ3n) is 4.49. The molecule has 1 aliphatic carbocycles. The van der Waals surface area contributed by atoms with E-state index >= 15 is 0 Å². The summed E-state index contributed by atoms with van der Waals surface area (Å²) in [5.74, 6) is -1.00. The minimum absolute atomic E-state index is 0.0512. The van der Waals surface area contributed by atoms with Crippen LogP contribution in [0, 0.1) is 11.3 Å². The molecule has 2 unspecified atom stereocenters. The average Bonchev–Trinajstić information content (AvgIpc) is 2.53. The van der Waals surface area contributed by atoms with Crippen LogP contribution in [0.4, 0.5) is 0 Å². The molecular formula is C11H21BN2O4. The summed E-state index contributed by atoms with van der Waals surface area (Å²) in [5.41, 5.74) is 5.00. The number of carboxylic acid groups (broad SMARTS) is 1. The molecule has 2 fully saturated rings. The zero-order valence-corrected chi connectivity index (χ0v) is 10.4. The van der Waals surface area contributed by atoms with Gasteiger partial charge in [0.25, 0.3) is 0 Å². The van der Waals surface area contributed by atoms with Crippen molar-refractivity contribution in [3.05, 3.63) is 0 Å². The third-order valence-corrected chi connectivity index (χ3v) is 4.49. The van der Waals surface area contributed by atoms with E-state index in [0.29, 0.717) is 19.3 Å². The minimum atomic E-state index is -1.32. The number of hydrogen-bond acceptors (Lipinski definition) is 5. The van der Waals surface area contributed by atoms with Crippen molar-refractivity contribution >= 4 is 13.1 Å². The predicted octanol–water partition coefficient (Wildman–Crippen LogP) is -0.979. The lowest BCUT2D eigenvalue weighted by Gasteiger charge is -2.40. The smallest absolute Gasteiger partial charge is 0.451 e. The molecule has 18 heavy (non-hydrogen) atoms. The van der Waals surface area contributed by atoms with Gasteiger partial charge in [-0.15, -0.1) is 0 Å². The fourth-order valence-electron chi connectivity index (χ4n) is 3.45. The maximum Gasteiger partial charge on any atom is 0.451 e. The van der Waals surface area contributed by atoms with Gasteiger partial charge in [0.1, 0.15) is 5.54 Å². The van der Waals surface area contributed by atoms with Gasteiger partial charge in [-0.1, -0.05) is 6.42 Å². The summed E-state index contributed by atoms with van der Waals surface area (Å²) in [7, 11) is -1.32. The van der Waals surface area contributed by atoms with E-state index < -0.39 is 18.6 Å². The largest absolute Gasteiger partial charge is 0.480 e. The molecule has 1 aliphatic heterocycles. The van der Waals surface area contributed by atoms with Crippen LogP contribution in [0.5, 0.6) is 0 Å². The van der Waals surface area contributed by atoms with Gasteiger partial charge in [0.2, 0.25) is 0 Å². The molecule has 6 N–H and O–H groups in total. The van der Waals surface area contributed by atoms with Gasteiger partial charge in [-0.05, 0) is 36.9 Å². The summed E-state index contributed by atoms with van der Waals surface area (Å²) >= 11 is 0. The van der Waals surface area contributed by atoms with Crippen molar-refractivity contribution in [2.45, 2.75) is 37.5 Å². The van der Waals surface area contributed by atoms with Crippen molar-refractivity contribution in [1.29, 1.82) is 0 Å². The van der Waals surface area contributed by atoms with Gasteiger partial charge < -0.3 is 26.2 Å². The average molecular weight is 256 g/mol. The van der Waals surface area contributed by atoms with Crippen molar-refractivity contribution in [1.82, 2.24) is 5.32 Å².